The lowest BCUT2D eigenvalue weighted by atomic mass is 10.1. The van der Waals surface area contributed by atoms with Crippen molar-refractivity contribution in [2.75, 3.05) is 18.6 Å². The molecule has 3 aromatic rings. The molecule has 0 unspecified atom stereocenters. The molecule has 2 N–H and O–H groups in total. The first kappa shape index (κ1) is 19.4. The fraction of sp³-hybridized carbons (Fsp3) is 0.238. The van der Waals surface area contributed by atoms with Crippen LogP contribution in [0.25, 0.3) is 10.9 Å². The van der Waals surface area contributed by atoms with Gasteiger partial charge in [-0.1, -0.05) is 11.6 Å². The highest BCUT2D eigenvalue weighted by atomic mass is 35.5. The number of methoxy groups -OCH3 is 1. The Bertz CT molecular complexity index is 1100. The van der Waals surface area contributed by atoms with Crippen molar-refractivity contribution < 1.29 is 18.7 Å². The summed E-state index contributed by atoms with van der Waals surface area (Å²) in [5.74, 6) is -0.527. The van der Waals surface area contributed by atoms with Gasteiger partial charge in [-0.2, -0.15) is 0 Å². The average molecular weight is 416 g/mol. The number of aromatic amines is 1. The van der Waals surface area contributed by atoms with E-state index in [0.29, 0.717) is 13.0 Å². The molecule has 1 fully saturated rings. The highest BCUT2D eigenvalue weighted by molar-refractivity contribution is 6.31. The Morgan fingerprint density at radius 1 is 1.28 bits per heavy atom. The standard InChI is InChI=1S/C21H19ClFN3O3/c1-29-14-3-5-18-15(9-14)12(11-25-18)6-7-24-19-10-20(27)26(21(19)28)13-2-4-17(23)16(22)8-13/h2-5,8-9,11,19,24-25H,6-7,10H2,1H3/t19-/m1/s1. The molecule has 1 aliphatic rings. The molecule has 1 saturated heterocycles. The topological polar surface area (TPSA) is 74.4 Å². The number of carbonyl (C=O) groups is 2. The Kier molecular flexibility index (Phi) is 5.25. The van der Waals surface area contributed by atoms with Gasteiger partial charge in [0, 0.05) is 23.6 Å². The molecule has 2 heterocycles. The van der Waals surface area contributed by atoms with E-state index < -0.39 is 11.9 Å². The van der Waals surface area contributed by atoms with E-state index in [1.807, 2.05) is 24.4 Å². The average Bonchev–Trinajstić information content (AvgIpc) is 3.24. The zero-order chi connectivity index (χ0) is 20.5. The highest BCUT2D eigenvalue weighted by Gasteiger charge is 2.39. The number of ether oxygens (including phenoxy) is 1. The molecule has 0 aliphatic carbocycles. The quantitative estimate of drug-likeness (QED) is 0.605. The number of benzene rings is 2. The van der Waals surface area contributed by atoms with E-state index in [-0.39, 0.29) is 28.9 Å². The molecule has 1 aromatic heterocycles. The Labute approximate surface area is 171 Å². The van der Waals surface area contributed by atoms with Crippen LogP contribution >= 0.6 is 11.6 Å². The minimum absolute atomic E-state index is 0.0511. The third kappa shape index (κ3) is 3.71. The molecule has 6 nitrogen and oxygen atoms in total. The third-order valence-corrected chi connectivity index (χ3v) is 5.36. The van der Waals surface area contributed by atoms with Crippen LogP contribution in [0.4, 0.5) is 10.1 Å². The van der Waals surface area contributed by atoms with E-state index in [1.54, 1.807) is 7.11 Å². The lowest BCUT2D eigenvalue weighted by Crippen LogP contribution is -2.39. The molecule has 1 atom stereocenters. The number of nitrogens with zero attached hydrogens (tertiary/aromatic N) is 1. The van der Waals surface area contributed by atoms with E-state index in [0.717, 1.165) is 33.2 Å². The molecule has 2 aromatic carbocycles. The Morgan fingerprint density at radius 3 is 2.86 bits per heavy atom. The van der Waals surface area contributed by atoms with Crippen LogP contribution in [0.5, 0.6) is 5.75 Å². The Hall–Kier alpha value is -2.90. The number of H-pyrrole nitrogens is 1. The second-order valence-electron chi connectivity index (χ2n) is 6.85. The summed E-state index contributed by atoms with van der Waals surface area (Å²) in [6, 6.07) is 8.99. The smallest absolute Gasteiger partial charge is 0.251 e. The first-order valence-electron chi connectivity index (χ1n) is 9.17. The van der Waals surface area contributed by atoms with Crippen LogP contribution in [0.3, 0.4) is 0 Å². The largest absolute Gasteiger partial charge is 0.497 e. The fourth-order valence-corrected chi connectivity index (χ4v) is 3.73. The van der Waals surface area contributed by atoms with E-state index in [1.165, 1.54) is 12.1 Å². The van der Waals surface area contributed by atoms with Crippen LogP contribution in [-0.2, 0) is 16.0 Å². The Morgan fingerprint density at radius 2 is 2.10 bits per heavy atom. The summed E-state index contributed by atoms with van der Waals surface area (Å²) in [7, 11) is 1.62. The van der Waals surface area contributed by atoms with Crippen molar-refractivity contribution in [2.24, 2.45) is 0 Å². The lowest BCUT2D eigenvalue weighted by Gasteiger charge is -2.16. The predicted octanol–water partition coefficient (Wildman–Crippen LogP) is 3.43. The molecular weight excluding hydrogens is 397 g/mol. The van der Waals surface area contributed by atoms with Crippen molar-refractivity contribution in [3.63, 3.8) is 0 Å². The van der Waals surface area contributed by atoms with E-state index >= 15 is 0 Å². The molecule has 150 valence electrons. The fourth-order valence-electron chi connectivity index (χ4n) is 3.56. The number of imide groups is 1. The van der Waals surface area contributed by atoms with Crippen molar-refractivity contribution in [2.45, 2.75) is 18.9 Å². The molecule has 8 heteroatoms. The van der Waals surface area contributed by atoms with Gasteiger partial charge in [0.15, 0.2) is 0 Å². The number of anilines is 1. The number of hydrogen-bond donors (Lipinski definition) is 2. The number of fused-ring (bicyclic) bond motifs is 1. The Balaban J connectivity index is 1.42. The number of hydrogen-bond acceptors (Lipinski definition) is 4. The number of amides is 2. The van der Waals surface area contributed by atoms with E-state index in [9.17, 15) is 14.0 Å². The summed E-state index contributed by atoms with van der Waals surface area (Å²) >= 11 is 5.78. The highest BCUT2D eigenvalue weighted by Crippen LogP contribution is 2.27. The normalized spacial score (nSPS) is 16.8. The molecule has 0 bridgehead atoms. The first-order chi connectivity index (χ1) is 14.0. The minimum atomic E-state index is -0.619. The van der Waals surface area contributed by atoms with Crippen LogP contribution in [-0.4, -0.2) is 36.5 Å². The molecule has 4 rings (SSSR count). The predicted molar refractivity (Wildman–Crippen MR) is 109 cm³/mol. The van der Waals surface area contributed by atoms with Gasteiger partial charge < -0.3 is 15.0 Å². The van der Waals surface area contributed by atoms with Crippen molar-refractivity contribution in [1.29, 1.82) is 0 Å². The summed E-state index contributed by atoms with van der Waals surface area (Å²) in [4.78, 5) is 29.3. The SMILES string of the molecule is COc1ccc2[nH]cc(CCN[C@@H]3CC(=O)N(c4ccc(F)c(Cl)c4)C3=O)c2c1. The van der Waals surface area contributed by atoms with Crippen LogP contribution in [0, 0.1) is 5.82 Å². The summed E-state index contributed by atoms with van der Waals surface area (Å²) in [5.41, 5.74) is 2.37. The van der Waals surface area contributed by atoms with Crippen molar-refractivity contribution in [3.8, 4) is 5.75 Å². The van der Waals surface area contributed by atoms with Gasteiger partial charge in [-0.05, 0) is 48.4 Å². The number of aromatic nitrogens is 1. The zero-order valence-corrected chi connectivity index (χ0v) is 16.4. The molecular formula is C21H19ClFN3O3. The molecule has 2 amide bonds. The number of halogens is 2. The van der Waals surface area contributed by atoms with Crippen LogP contribution in [0.1, 0.15) is 12.0 Å². The van der Waals surface area contributed by atoms with Crippen LogP contribution in [0.2, 0.25) is 5.02 Å². The van der Waals surface area contributed by atoms with Gasteiger partial charge in [-0.25, -0.2) is 9.29 Å². The first-order valence-corrected chi connectivity index (χ1v) is 9.55. The zero-order valence-electron chi connectivity index (χ0n) is 15.7. The van der Waals surface area contributed by atoms with Crippen LogP contribution in [0.15, 0.2) is 42.6 Å². The summed E-state index contributed by atoms with van der Waals surface area (Å²) in [6.45, 7) is 0.520. The molecule has 29 heavy (non-hydrogen) atoms. The molecule has 0 spiro atoms. The second-order valence-corrected chi connectivity index (χ2v) is 7.26. The van der Waals surface area contributed by atoms with Crippen LogP contribution < -0.4 is 15.0 Å². The van der Waals surface area contributed by atoms with Gasteiger partial charge in [0.1, 0.15) is 11.6 Å². The van der Waals surface area contributed by atoms with Gasteiger partial charge in [-0.15, -0.1) is 0 Å². The van der Waals surface area contributed by atoms with Crippen molar-refractivity contribution in [3.05, 3.63) is 59.0 Å². The van der Waals surface area contributed by atoms with Gasteiger partial charge in [0.05, 0.1) is 30.3 Å². The monoisotopic (exact) mass is 415 g/mol. The second kappa shape index (κ2) is 7.85. The van der Waals surface area contributed by atoms with Gasteiger partial charge in [0.25, 0.3) is 5.91 Å². The number of nitrogens with one attached hydrogen (secondary N) is 2. The summed E-state index contributed by atoms with van der Waals surface area (Å²) in [6.07, 6.45) is 2.66. The van der Waals surface area contributed by atoms with Gasteiger partial charge in [-0.3, -0.25) is 9.59 Å². The van der Waals surface area contributed by atoms with Gasteiger partial charge >= 0.3 is 0 Å². The van der Waals surface area contributed by atoms with E-state index in [2.05, 4.69) is 10.3 Å². The summed E-state index contributed by atoms with van der Waals surface area (Å²) < 4.78 is 18.7. The maximum Gasteiger partial charge on any atom is 0.251 e. The molecule has 0 saturated carbocycles. The maximum absolute atomic E-state index is 13.4. The summed E-state index contributed by atoms with van der Waals surface area (Å²) in [5, 5.41) is 4.08. The molecule has 1 aliphatic heterocycles. The van der Waals surface area contributed by atoms with E-state index in [4.69, 9.17) is 16.3 Å². The third-order valence-electron chi connectivity index (χ3n) is 5.07. The number of carbonyl (C=O) groups excluding carboxylic acids is 2. The molecule has 0 radical (unpaired) electrons. The van der Waals surface area contributed by atoms with Gasteiger partial charge in [0.2, 0.25) is 5.91 Å². The lowest BCUT2D eigenvalue weighted by molar-refractivity contribution is -0.121. The van der Waals surface area contributed by atoms with Crippen molar-refractivity contribution in [1.82, 2.24) is 10.3 Å². The maximum atomic E-state index is 13.4. The van der Waals surface area contributed by atoms with Crippen molar-refractivity contribution >= 4 is 40.0 Å². The number of rotatable bonds is 6. The minimum Gasteiger partial charge on any atom is -0.497 e.